The van der Waals surface area contributed by atoms with E-state index in [0.29, 0.717) is 17.5 Å². The molecule has 3 aromatic rings. The van der Waals surface area contributed by atoms with Gasteiger partial charge in [0.15, 0.2) is 0 Å². The summed E-state index contributed by atoms with van der Waals surface area (Å²) in [5.41, 5.74) is 3.70. The molecule has 0 spiro atoms. The highest BCUT2D eigenvalue weighted by Crippen LogP contribution is 2.19. The Labute approximate surface area is 158 Å². The van der Waals surface area contributed by atoms with Crippen molar-refractivity contribution >= 4 is 26.8 Å². The summed E-state index contributed by atoms with van der Waals surface area (Å²) in [6, 6.07) is 15.5. The third kappa shape index (κ3) is 3.89. The van der Waals surface area contributed by atoms with Crippen LogP contribution in [0.1, 0.15) is 21.5 Å². The van der Waals surface area contributed by atoms with E-state index in [0.717, 1.165) is 25.0 Å². The summed E-state index contributed by atoms with van der Waals surface area (Å²) in [5.74, 6) is -0.708. The first-order chi connectivity index (χ1) is 13.0. The topological polar surface area (TPSA) is 82.3 Å². The van der Waals surface area contributed by atoms with Crippen molar-refractivity contribution in [2.75, 3.05) is 18.8 Å². The van der Waals surface area contributed by atoms with E-state index < -0.39 is 15.9 Å². The molecule has 0 radical (unpaired) electrons. The molecule has 0 aliphatic carbocycles. The maximum atomic E-state index is 12.4. The van der Waals surface area contributed by atoms with Crippen molar-refractivity contribution in [3.63, 3.8) is 0 Å². The first-order valence-electron chi connectivity index (χ1n) is 8.92. The van der Waals surface area contributed by atoms with Crippen molar-refractivity contribution in [2.24, 2.45) is 0 Å². The molecule has 7 heteroatoms. The van der Waals surface area contributed by atoms with Gasteiger partial charge in [-0.3, -0.25) is 9.69 Å². The summed E-state index contributed by atoms with van der Waals surface area (Å²) in [6.07, 6.45) is 2.45. The predicted octanol–water partition coefficient (Wildman–Crippen LogP) is 2.29. The van der Waals surface area contributed by atoms with Crippen LogP contribution in [0, 0.1) is 0 Å². The van der Waals surface area contributed by atoms with E-state index >= 15 is 0 Å². The number of benzene rings is 2. The Morgan fingerprint density at radius 2 is 1.81 bits per heavy atom. The average molecular weight is 383 g/mol. The van der Waals surface area contributed by atoms with Gasteiger partial charge in [-0.25, -0.2) is 13.1 Å². The van der Waals surface area contributed by atoms with Gasteiger partial charge in [0.05, 0.1) is 11.3 Å². The molecule has 6 nitrogen and oxygen atoms in total. The van der Waals surface area contributed by atoms with E-state index in [9.17, 15) is 13.2 Å². The van der Waals surface area contributed by atoms with E-state index in [1.54, 1.807) is 6.07 Å². The molecule has 27 heavy (non-hydrogen) atoms. The monoisotopic (exact) mass is 383 g/mol. The highest BCUT2D eigenvalue weighted by molar-refractivity contribution is 7.90. The summed E-state index contributed by atoms with van der Waals surface area (Å²) < 4.78 is 27.0. The van der Waals surface area contributed by atoms with E-state index in [2.05, 4.69) is 26.7 Å². The van der Waals surface area contributed by atoms with Gasteiger partial charge in [-0.1, -0.05) is 42.5 Å². The third-order valence-corrected chi connectivity index (χ3v) is 6.18. The number of sulfonamides is 1. The number of hydrogen-bond acceptors (Lipinski definition) is 4. The van der Waals surface area contributed by atoms with Crippen LogP contribution in [0.15, 0.2) is 54.7 Å². The average Bonchev–Trinajstić information content (AvgIpc) is 3.10. The van der Waals surface area contributed by atoms with Gasteiger partial charge in [-0.15, -0.1) is 0 Å². The Bertz CT molecular complexity index is 1090. The molecule has 1 amide bonds. The zero-order chi connectivity index (χ0) is 18.9. The minimum atomic E-state index is -3.71. The summed E-state index contributed by atoms with van der Waals surface area (Å²) in [6.45, 7) is 1.95. The fraction of sp³-hybridized carbons (Fsp3) is 0.250. The van der Waals surface area contributed by atoms with Gasteiger partial charge < -0.3 is 4.98 Å². The third-order valence-electron chi connectivity index (χ3n) is 4.97. The number of carbonyl (C=O) groups is 1. The second kappa shape index (κ2) is 7.17. The van der Waals surface area contributed by atoms with Gasteiger partial charge in [-0.05, 0) is 23.6 Å². The molecule has 0 saturated carbocycles. The largest absolute Gasteiger partial charge is 0.360 e. The molecular weight excluding hydrogens is 362 g/mol. The number of aromatic amines is 1. The Morgan fingerprint density at radius 1 is 1.07 bits per heavy atom. The maximum Gasteiger partial charge on any atom is 0.266 e. The molecule has 0 saturated heterocycles. The molecule has 1 aliphatic heterocycles. The SMILES string of the molecule is O=C(NS(=O)(=O)CCN1CCc2ccccc2C1)c1c[nH]c2ccccc12. The van der Waals surface area contributed by atoms with E-state index in [1.807, 2.05) is 30.3 Å². The second-order valence-corrected chi connectivity index (χ2v) is 8.63. The molecule has 1 aromatic heterocycles. The van der Waals surface area contributed by atoms with Crippen molar-refractivity contribution in [3.05, 3.63) is 71.4 Å². The van der Waals surface area contributed by atoms with Crippen LogP contribution >= 0.6 is 0 Å². The number of fused-ring (bicyclic) bond motifs is 2. The smallest absolute Gasteiger partial charge is 0.266 e. The van der Waals surface area contributed by atoms with Gasteiger partial charge in [0, 0.05) is 36.7 Å². The molecule has 140 valence electrons. The van der Waals surface area contributed by atoms with Crippen molar-refractivity contribution in [1.29, 1.82) is 0 Å². The second-order valence-electron chi connectivity index (χ2n) is 6.79. The Morgan fingerprint density at radius 3 is 2.67 bits per heavy atom. The van der Waals surface area contributed by atoms with Gasteiger partial charge in [0.2, 0.25) is 10.0 Å². The van der Waals surface area contributed by atoms with Crippen LogP contribution in [0.5, 0.6) is 0 Å². The molecule has 0 bridgehead atoms. The minimum Gasteiger partial charge on any atom is -0.360 e. The van der Waals surface area contributed by atoms with Gasteiger partial charge in [-0.2, -0.15) is 0 Å². The molecule has 4 rings (SSSR count). The van der Waals surface area contributed by atoms with Gasteiger partial charge >= 0.3 is 0 Å². The molecule has 2 N–H and O–H groups in total. The lowest BCUT2D eigenvalue weighted by atomic mass is 10.0. The van der Waals surface area contributed by atoms with Crippen molar-refractivity contribution < 1.29 is 13.2 Å². The Kier molecular flexibility index (Phi) is 4.72. The number of rotatable bonds is 5. The van der Waals surface area contributed by atoms with E-state index in [-0.39, 0.29) is 5.75 Å². The predicted molar refractivity (Wildman–Crippen MR) is 105 cm³/mol. The normalized spacial score (nSPS) is 14.8. The number of H-pyrrole nitrogens is 1. The molecule has 2 heterocycles. The fourth-order valence-corrected chi connectivity index (χ4v) is 4.49. The molecular formula is C20H21N3O3S. The van der Waals surface area contributed by atoms with Crippen LogP contribution in [-0.2, 0) is 23.0 Å². The molecule has 2 aromatic carbocycles. The lowest BCUT2D eigenvalue weighted by Gasteiger charge is -2.28. The highest BCUT2D eigenvalue weighted by Gasteiger charge is 2.21. The van der Waals surface area contributed by atoms with E-state index in [1.165, 1.54) is 17.3 Å². The first kappa shape index (κ1) is 17.8. The molecule has 0 unspecified atom stereocenters. The van der Waals surface area contributed by atoms with Gasteiger partial charge in [0.25, 0.3) is 5.91 Å². The fourth-order valence-electron chi connectivity index (χ4n) is 3.50. The van der Waals surface area contributed by atoms with Crippen LogP contribution in [-0.4, -0.2) is 43.1 Å². The van der Waals surface area contributed by atoms with Crippen LogP contribution < -0.4 is 4.72 Å². The van der Waals surface area contributed by atoms with Crippen molar-refractivity contribution in [3.8, 4) is 0 Å². The van der Waals surface area contributed by atoms with E-state index in [4.69, 9.17) is 0 Å². The zero-order valence-corrected chi connectivity index (χ0v) is 15.6. The van der Waals surface area contributed by atoms with Gasteiger partial charge in [0.1, 0.15) is 0 Å². The number of hydrogen-bond donors (Lipinski definition) is 2. The summed E-state index contributed by atoms with van der Waals surface area (Å²) in [5, 5.41) is 0.706. The number of carbonyl (C=O) groups excluding carboxylic acids is 1. The number of amides is 1. The van der Waals surface area contributed by atoms with Crippen LogP contribution in [0.25, 0.3) is 10.9 Å². The summed E-state index contributed by atoms with van der Waals surface area (Å²) >= 11 is 0. The number of nitrogens with one attached hydrogen (secondary N) is 2. The highest BCUT2D eigenvalue weighted by atomic mass is 32.2. The zero-order valence-electron chi connectivity index (χ0n) is 14.8. The quantitative estimate of drug-likeness (QED) is 0.708. The van der Waals surface area contributed by atoms with Crippen LogP contribution in [0.2, 0.25) is 0 Å². The number of aromatic nitrogens is 1. The Hall–Kier alpha value is -2.64. The first-order valence-corrected chi connectivity index (χ1v) is 10.6. The molecule has 0 atom stereocenters. The minimum absolute atomic E-state index is 0.108. The standard InChI is InChI=1S/C20H21N3O3S/c24-20(18-13-21-19-8-4-3-7-17(18)19)22-27(25,26)12-11-23-10-9-15-5-1-2-6-16(15)14-23/h1-8,13,21H,9-12,14H2,(H,22,24). The lowest BCUT2D eigenvalue weighted by Crippen LogP contribution is -2.39. The Balaban J connectivity index is 1.39. The van der Waals surface area contributed by atoms with Crippen LogP contribution in [0.4, 0.5) is 0 Å². The molecule has 1 aliphatic rings. The summed E-state index contributed by atoms with van der Waals surface area (Å²) in [7, 11) is -3.71. The lowest BCUT2D eigenvalue weighted by molar-refractivity contribution is 0.0983. The maximum absolute atomic E-state index is 12.4. The van der Waals surface area contributed by atoms with Crippen molar-refractivity contribution in [1.82, 2.24) is 14.6 Å². The van der Waals surface area contributed by atoms with Crippen molar-refractivity contribution in [2.45, 2.75) is 13.0 Å². The number of para-hydroxylation sites is 1. The molecule has 0 fully saturated rings. The number of nitrogens with zero attached hydrogens (tertiary/aromatic N) is 1. The van der Waals surface area contributed by atoms with Crippen LogP contribution in [0.3, 0.4) is 0 Å². The summed E-state index contributed by atoms with van der Waals surface area (Å²) in [4.78, 5) is 17.5.